The van der Waals surface area contributed by atoms with Crippen molar-refractivity contribution in [1.29, 1.82) is 0 Å². The number of hydrogen-bond donors (Lipinski definition) is 0. The standard InChI is InChI=1S/C22H25NOS/c1-3-4-5-8-15-23-19-9-6-7-10-20(19)25-21(22(23)24)16-18-13-11-17(2)12-14-18/h6-7,9-14,16H,3-5,8,15H2,1-2H3/b21-16-. The second-order valence-corrected chi connectivity index (χ2v) is 7.59. The highest BCUT2D eigenvalue weighted by Gasteiger charge is 2.28. The van der Waals surface area contributed by atoms with Crippen molar-refractivity contribution < 1.29 is 4.79 Å². The van der Waals surface area contributed by atoms with Crippen molar-refractivity contribution in [2.24, 2.45) is 0 Å². The van der Waals surface area contributed by atoms with Gasteiger partial charge in [-0.25, -0.2) is 0 Å². The highest BCUT2D eigenvalue weighted by molar-refractivity contribution is 8.04. The first-order chi connectivity index (χ1) is 12.2. The molecule has 0 bridgehead atoms. The predicted octanol–water partition coefficient (Wildman–Crippen LogP) is 6.06. The fourth-order valence-electron chi connectivity index (χ4n) is 2.99. The lowest BCUT2D eigenvalue weighted by molar-refractivity contribution is -0.114. The Hall–Kier alpha value is -2.00. The first-order valence-electron chi connectivity index (χ1n) is 9.06. The van der Waals surface area contributed by atoms with Gasteiger partial charge in [0.15, 0.2) is 0 Å². The molecule has 3 heteroatoms. The van der Waals surface area contributed by atoms with E-state index in [1.165, 1.54) is 24.8 Å². The molecule has 1 aliphatic heterocycles. The zero-order valence-electron chi connectivity index (χ0n) is 15.0. The lowest BCUT2D eigenvalue weighted by atomic mass is 10.1. The van der Waals surface area contributed by atoms with Gasteiger partial charge in [0.25, 0.3) is 5.91 Å². The van der Waals surface area contributed by atoms with Gasteiger partial charge in [-0.15, -0.1) is 0 Å². The quantitative estimate of drug-likeness (QED) is 0.466. The number of unbranched alkanes of at least 4 members (excludes halogenated alkanes) is 3. The van der Waals surface area contributed by atoms with Gasteiger partial charge in [-0.1, -0.05) is 79.9 Å². The Morgan fingerprint density at radius 2 is 1.76 bits per heavy atom. The molecule has 0 radical (unpaired) electrons. The number of anilines is 1. The molecule has 0 aliphatic carbocycles. The molecular formula is C22H25NOS. The summed E-state index contributed by atoms with van der Waals surface area (Å²) in [5.41, 5.74) is 3.36. The SMILES string of the molecule is CCCCCCN1C(=O)/C(=C/c2ccc(C)cc2)Sc2ccccc21. The van der Waals surface area contributed by atoms with E-state index in [0.29, 0.717) is 0 Å². The summed E-state index contributed by atoms with van der Waals surface area (Å²) in [7, 11) is 0. The van der Waals surface area contributed by atoms with Crippen LogP contribution in [0.3, 0.4) is 0 Å². The van der Waals surface area contributed by atoms with Crippen LogP contribution in [0.25, 0.3) is 6.08 Å². The van der Waals surface area contributed by atoms with E-state index in [9.17, 15) is 4.79 Å². The Labute approximate surface area is 154 Å². The van der Waals surface area contributed by atoms with Crippen LogP contribution in [0.1, 0.15) is 43.7 Å². The fraction of sp³-hybridized carbons (Fsp3) is 0.318. The normalized spacial score (nSPS) is 15.5. The summed E-state index contributed by atoms with van der Waals surface area (Å²) in [4.78, 5) is 17.0. The van der Waals surface area contributed by atoms with E-state index >= 15 is 0 Å². The van der Waals surface area contributed by atoms with Gasteiger partial charge in [-0.2, -0.15) is 0 Å². The number of nitrogens with zero attached hydrogens (tertiary/aromatic N) is 1. The molecule has 0 unspecified atom stereocenters. The number of carbonyl (C=O) groups excluding carboxylic acids is 1. The summed E-state index contributed by atoms with van der Waals surface area (Å²) < 4.78 is 0. The van der Waals surface area contributed by atoms with Crippen molar-refractivity contribution in [1.82, 2.24) is 0 Å². The first-order valence-corrected chi connectivity index (χ1v) is 9.88. The van der Waals surface area contributed by atoms with Crippen LogP contribution in [0.15, 0.2) is 58.3 Å². The molecule has 2 aromatic carbocycles. The van der Waals surface area contributed by atoms with E-state index in [1.807, 2.05) is 23.1 Å². The zero-order chi connectivity index (χ0) is 17.6. The van der Waals surface area contributed by atoms with Crippen LogP contribution in [0, 0.1) is 6.92 Å². The van der Waals surface area contributed by atoms with Crippen molar-refractivity contribution in [2.45, 2.75) is 44.4 Å². The zero-order valence-corrected chi connectivity index (χ0v) is 15.8. The van der Waals surface area contributed by atoms with Crippen molar-refractivity contribution in [3.05, 3.63) is 64.6 Å². The summed E-state index contributed by atoms with van der Waals surface area (Å²) in [6, 6.07) is 16.5. The van der Waals surface area contributed by atoms with Gasteiger partial charge in [-0.05, 0) is 37.1 Å². The Kier molecular flexibility index (Phi) is 5.98. The van der Waals surface area contributed by atoms with Crippen LogP contribution >= 0.6 is 11.8 Å². The molecule has 1 amide bonds. The van der Waals surface area contributed by atoms with Crippen LogP contribution in [0.5, 0.6) is 0 Å². The Morgan fingerprint density at radius 1 is 1.00 bits per heavy atom. The van der Waals surface area contributed by atoms with Gasteiger partial charge >= 0.3 is 0 Å². The van der Waals surface area contributed by atoms with Crippen LogP contribution < -0.4 is 4.90 Å². The topological polar surface area (TPSA) is 20.3 Å². The van der Waals surface area contributed by atoms with E-state index < -0.39 is 0 Å². The molecule has 2 nitrogen and oxygen atoms in total. The van der Waals surface area contributed by atoms with Gasteiger partial charge in [0.1, 0.15) is 0 Å². The molecule has 0 atom stereocenters. The molecule has 1 heterocycles. The van der Waals surface area contributed by atoms with E-state index in [0.717, 1.165) is 34.0 Å². The van der Waals surface area contributed by atoms with Gasteiger partial charge in [-0.3, -0.25) is 4.79 Å². The summed E-state index contributed by atoms with van der Waals surface area (Å²) in [6.45, 7) is 5.08. The Balaban J connectivity index is 1.86. The molecular weight excluding hydrogens is 326 g/mol. The molecule has 0 spiro atoms. The number of benzene rings is 2. The Bertz CT molecular complexity index is 764. The third-order valence-electron chi connectivity index (χ3n) is 4.44. The molecule has 0 saturated carbocycles. The molecule has 0 saturated heterocycles. The van der Waals surface area contributed by atoms with Crippen molar-refractivity contribution in [3.8, 4) is 0 Å². The van der Waals surface area contributed by atoms with Crippen LogP contribution in [0.2, 0.25) is 0 Å². The maximum absolute atomic E-state index is 13.1. The predicted molar refractivity (Wildman–Crippen MR) is 108 cm³/mol. The second kappa shape index (κ2) is 8.39. The minimum absolute atomic E-state index is 0.126. The third kappa shape index (κ3) is 4.35. The summed E-state index contributed by atoms with van der Waals surface area (Å²) in [5.74, 6) is 0.126. The lowest BCUT2D eigenvalue weighted by Crippen LogP contribution is -2.35. The molecule has 3 rings (SSSR count). The molecule has 25 heavy (non-hydrogen) atoms. The van der Waals surface area contributed by atoms with Crippen molar-refractivity contribution in [3.63, 3.8) is 0 Å². The molecule has 1 aliphatic rings. The second-order valence-electron chi connectivity index (χ2n) is 6.51. The number of rotatable bonds is 6. The maximum atomic E-state index is 13.1. The highest BCUT2D eigenvalue weighted by atomic mass is 32.2. The van der Waals surface area contributed by atoms with Gasteiger partial charge < -0.3 is 4.90 Å². The summed E-state index contributed by atoms with van der Waals surface area (Å²) >= 11 is 1.58. The number of para-hydroxylation sites is 1. The minimum atomic E-state index is 0.126. The minimum Gasteiger partial charge on any atom is -0.307 e. The molecule has 0 fully saturated rings. The van der Waals surface area contributed by atoms with Crippen LogP contribution in [-0.4, -0.2) is 12.5 Å². The van der Waals surface area contributed by atoms with E-state index in [-0.39, 0.29) is 5.91 Å². The molecule has 2 aromatic rings. The maximum Gasteiger partial charge on any atom is 0.265 e. The number of aryl methyl sites for hydroxylation is 1. The third-order valence-corrected chi connectivity index (χ3v) is 5.52. The number of carbonyl (C=O) groups is 1. The van der Waals surface area contributed by atoms with Crippen molar-refractivity contribution >= 4 is 29.4 Å². The van der Waals surface area contributed by atoms with E-state index in [2.05, 4.69) is 50.2 Å². The number of hydrogen-bond acceptors (Lipinski definition) is 2. The van der Waals surface area contributed by atoms with Gasteiger partial charge in [0.2, 0.25) is 0 Å². The van der Waals surface area contributed by atoms with Crippen LogP contribution in [-0.2, 0) is 4.79 Å². The molecule has 130 valence electrons. The smallest absolute Gasteiger partial charge is 0.265 e. The van der Waals surface area contributed by atoms with E-state index in [1.54, 1.807) is 11.8 Å². The summed E-state index contributed by atoms with van der Waals surface area (Å²) in [5, 5.41) is 0. The monoisotopic (exact) mass is 351 g/mol. The van der Waals surface area contributed by atoms with Crippen LogP contribution in [0.4, 0.5) is 5.69 Å². The summed E-state index contributed by atoms with van der Waals surface area (Å²) in [6.07, 6.45) is 6.67. The van der Waals surface area contributed by atoms with Gasteiger partial charge in [0, 0.05) is 11.4 Å². The average molecular weight is 352 g/mol. The first kappa shape index (κ1) is 17.8. The number of fused-ring (bicyclic) bond motifs is 1. The molecule has 0 N–H and O–H groups in total. The molecule has 0 aromatic heterocycles. The number of thioether (sulfide) groups is 1. The largest absolute Gasteiger partial charge is 0.307 e. The highest BCUT2D eigenvalue weighted by Crippen LogP contribution is 2.42. The Morgan fingerprint density at radius 3 is 2.52 bits per heavy atom. The van der Waals surface area contributed by atoms with E-state index in [4.69, 9.17) is 0 Å². The average Bonchev–Trinajstić information content (AvgIpc) is 2.63. The van der Waals surface area contributed by atoms with Crippen molar-refractivity contribution in [2.75, 3.05) is 11.4 Å². The van der Waals surface area contributed by atoms with Gasteiger partial charge in [0.05, 0.1) is 10.6 Å². The lowest BCUT2D eigenvalue weighted by Gasteiger charge is -2.30. The number of amides is 1. The fourth-order valence-corrected chi connectivity index (χ4v) is 4.05.